The highest BCUT2D eigenvalue weighted by molar-refractivity contribution is 7.86. The fraction of sp³-hybridized carbons (Fsp3) is 0.143. The van der Waals surface area contributed by atoms with Gasteiger partial charge < -0.3 is 4.74 Å². The van der Waals surface area contributed by atoms with Gasteiger partial charge in [0.1, 0.15) is 5.75 Å². The third-order valence-corrected chi connectivity index (χ3v) is 2.50. The number of nitro groups is 1. The van der Waals surface area contributed by atoms with Crippen molar-refractivity contribution in [1.29, 1.82) is 0 Å². The Morgan fingerprint density at radius 1 is 1.47 bits per heavy atom. The summed E-state index contributed by atoms with van der Waals surface area (Å²) in [7, 11) is -3.85. The van der Waals surface area contributed by atoms with Crippen molar-refractivity contribution in [1.82, 2.24) is 0 Å². The predicted molar refractivity (Wildman–Crippen MR) is 47.9 cm³/mol. The number of methoxy groups -OCH3 is 1. The molecule has 0 bridgehead atoms. The Balaban J connectivity index is 3.48. The molecule has 0 radical (unpaired) electrons. The SMILES string of the molecule is COc1ccc(S(=O)(=O)F)c([N+](=O)[O-])c1. The summed E-state index contributed by atoms with van der Waals surface area (Å²) >= 11 is 0. The molecule has 1 aromatic rings. The molecule has 0 aliphatic rings. The Morgan fingerprint density at radius 3 is 2.47 bits per heavy atom. The van der Waals surface area contributed by atoms with Crippen molar-refractivity contribution in [2.75, 3.05) is 7.11 Å². The molecule has 0 saturated carbocycles. The minimum absolute atomic E-state index is 0.0779. The topological polar surface area (TPSA) is 86.5 Å². The normalized spacial score (nSPS) is 11.1. The second kappa shape index (κ2) is 3.81. The summed E-state index contributed by atoms with van der Waals surface area (Å²) in [5.41, 5.74) is -0.850. The molecule has 8 heteroatoms. The lowest BCUT2D eigenvalue weighted by atomic mass is 10.3. The summed E-state index contributed by atoms with van der Waals surface area (Å²) < 4.78 is 38.3. The standard InChI is InChI=1S/C7H6FNO5S/c1-14-5-2-3-7(15(8,12)13)6(4-5)9(10)11/h2-4H,1H3. The summed E-state index contributed by atoms with van der Waals surface area (Å²) in [6.45, 7) is 0. The van der Waals surface area contributed by atoms with Gasteiger partial charge in [-0.05, 0) is 12.1 Å². The van der Waals surface area contributed by atoms with Crippen molar-refractivity contribution < 1.29 is 22.0 Å². The predicted octanol–water partition coefficient (Wildman–Crippen LogP) is 1.26. The van der Waals surface area contributed by atoms with E-state index in [4.69, 9.17) is 0 Å². The van der Waals surface area contributed by atoms with Crippen molar-refractivity contribution in [3.05, 3.63) is 28.3 Å². The van der Waals surface area contributed by atoms with Gasteiger partial charge in [-0.1, -0.05) is 0 Å². The van der Waals surface area contributed by atoms with Gasteiger partial charge in [0.05, 0.1) is 18.1 Å². The average molecular weight is 235 g/mol. The summed E-state index contributed by atoms with van der Waals surface area (Å²) in [6, 6.07) is 2.75. The van der Waals surface area contributed by atoms with Gasteiger partial charge in [0.2, 0.25) is 0 Å². The fourth-order valence-corrected chi connectivity index (χ4v) is 1.59. The van der Waals surface area contributed by atoms with E-state index in [-0.39, 0.29) is 5.75 Å². The van der Waals surface area contributed by atoms with Gasteiger partial charge in [-0.3, -0.25) is 10.1 Å². The summed E-state index contributed by atoms with van der Waals surface area (Å²) in [4.78, 5) is 8.49. The minimum Gasteiger partial charge on any atom is -0.497 e. The molecule has 1 aromatic carbocycles. The Bertz CT molecular complexity index is 498. The number of nitro benzene ring substituents is 1. The largest absolute Gasteiger partial charge is 0.497 e. The van der Waals surface area contributed by atoms with Gasteiger partial charge in [0, 0.05) is 0 Å². The van der Waals surface area contributed by atoms with Crippen molar-refractivity contribution in [3.8, 4) is 5.75 Å². The molecule has 0 aliphatic carbocycles. The maximum Gasteiger partial charge on any atom is 0.338 e. The first-order valence-corrected chi connectivity index (χ1v) is 5.01. The minimum atomic E-state index is -5.10. The van der Waals surface area contributed by atoms with Crippen molar-refractivity contribution in [3.63, 3.8) is 0 Å². The highest BCUT2D eigenvalue weighted by atomic mass is 32.3. The second-order valence-electron chi connectivity index (χ2n) is 2.53. The van der Waals surface area contributed by atoms with Gasteiger partial charge in [-0.25, -0.2) is 0 Å². The third-order valence-electron chi connectivity index (χ3n) is 1.63. The zero-order chi connectivity index (χ0) is 11.6. The summed E-state index contributed by atoms with van der Waals surface area (Å²) in [5.74, 6) is 0.0779. The van der Waals surface area contributed by atoms with E-state index in [0.717, 1.165) is 18.2 Å². The van der Waals surface area contributed by atoms with E-state index in [2.05, 4.69) is 4.74 Å². The Morgan fingerprint density at radius 2 is 2.07 bits per heavy atom. The molecule has 0 spiro atoms. The monoisotopic (exact) mass is 235 g/mol. The highest BCUT2D eigenvalue weighted by Gasteiger charge is 2.25. The van der Waals surface area contributed by atoms with E-state index >= 15 is 0 Å². The molecule has 6 nitrogen and oxygen atoms in total. The van der Waals surface area contributed by atoms with Crippen LogP contribution in [0.5, 0.6) is 5.75 Å². The quantitative estimate of drug-likeness (QED) is 0.447. The smallest absolute Gasteiger partial charge is 0.338 e. The van der Waals surface area contributed by atoms with Crippen LogP contribution in [0.4, 0.5) is 9.57 Å². The number of ether oxygens (including phenoxy) is 1. The van der Waals surface area contributed by atoms with Crippen LogP contribution >= 0.6 is 0 Å². The number of halogens is 1. The Hall–Kier alpha value is -1.70. The average Bonchev–Trinajstić information content (AvgIpc) is 2.15. The molecule has 0 aliphatic heterocycles. The van der Waals surface area contributed by atoms with Crippen LogP contribution in [0.15, 0.2) is 23.1 Å². The number of rotatable bonds is 3. The molecule has 0 heterocycles. The lowest BCUT2D eigenvalue weighted by molar-refractivity contribution is -0.387. The first-order chi connectivity index (χ1) is 6.86. The van der Waals surface area contributed by atoms with E-state index in [1.54, 1.807) is 0 Å². The molecule has 0 aromatic heterocycles. The van der Waals surface area contributed by atoms with E-state index in [0.29, 0.717) is 0 Å². The van der Waals surface area contributed by atoms with Gasteiger partial charge in [0.15, 0.2) is 4.90 Å². The van der Waals surface area contributed by atoms with Crippen LogP contribution in [0, 0.1) is 10.1 Å². The van der Waals surface area contributed by atoms with E-state index in [1.165, 1.54) is 7.11 Å². The zero-order valence-corrected chi connectivity index (χ0v) is 8.32. The van der Waals surface area contributed by atoms with Crippen molar-refractivity contribution >= 4 is 15.9 Å². The van der Waals surface area contributed by atoms with Crippen LogP contribution in [-0.2, 0) is 10.2 Å². The number of hydrogen-bond donors (Lipinski definition) is 0. The van der Waals surface area contributed by atoms with Crippen molar-refractivity contribution in [2.24, 2.45) is 0 Å². The Kier molecular flexibility index (Phi) is 2.89. The molecule has 1 rings (SSSR count). The molecule has 15 heavy (non-hydrogen) atoms. The maximum absolute atomic E-state index is 12.6. The zero-order valence-electron chi connectivity index (χ0n) is 7.51. The fourth-order valence-electron chi connectivity index (χ4n) is 0.973. The van der Waals surface area contributed by atoms with Crippen LogP contribution in [0.2, 0.25) is 0 Å². The van der Waals surface area contributed by atoms with Crippen LogP contribution in [0.1, 0.15) is 0 Å². The van der Waals surface area contributed by atoms with Crippen molar-refractivity contribution in [2.45, 2.75) is 4.90 Å². The van der Waals surface area contributed by atoms with E-state index < -0.39 is 25.7 Å². The molecular weight excluding hydrogens is 229 g/mol. The van der Waals surface area contributed by atoms with Gasteiger partial charge in [-0.15, -0.1) is 3.89 Å². The summed E-state index contributed by atoms with van der Waals surface area (Å²) in [6.07, 6.45) is 0. The maximum atomic E-state index is 12.6. The molecule has 0 fully saturated rings. The number of nitrogens with zero attached hydrogens (tertiary/aromatic N) is 1. The molecule has 0 saturated heterocycles. The van der Waals surface area contributed by atoms with Crippen LogP contribution < -0.4 is 4.74 Å². The highest BCUT2D eigenvalue weighted by Crippen LogP contribution is 2.29. The Labute approximate surface area is 84.6 Å². The second-order valence-corrected chi connectivity index (χ2v) is 3.84. The third kappa shape index (κ3) is 2.40. The van der Waals surface area contributed by atoms with Gasteiger partial charge >= 0.3 is 10.2 Å². The van der Waals surface area contributed by atoms with Gasteiger partial charge in [0.25, 0.3) is 5.69 Å². The van der Waals surface area contributed by atoms with Crippen LogP contribution in [0.3, 0.4) is 0 Å². The summed E-state index contributed by atoms with van der Waals surface area (Å²) in [5, 5.41) is 10.5. The molecule has 0 unspecified atom stereocenters. The first-order valence-electron chi connectivity index (χ1n) is 3.63. The first kappa shape index (κ1) is 11.4. The molecule has 0 N–H and O–H groups in total. The number of benzene rings is 1. The lowest BCUT2D eigenvalue weighted by Gasteiger charge is -2.01. The van der Waals surface area contributed by atoms with Crippen LogP contribution in [-0.4, -0.2) is 20.5 Å². The number of hydrogen-bond acceptors (Lipinski definition) is 5. The van der Waals surface area contributed by atoms with Crippen LogP contribution in [0.25, 0.3) is 0 Å². The van der Waals surface area contributed by atoms with E-state index in [1.807, 2.05) is 0 Å². The van der Waals surface area contributed by atoms with E-state index in [9.17, 15) is 22.4 Å². The molecule has 0 amide bonds. The van der Waals surface area contributed by atoms with Gasteiger partial charge in [-0.2, -0.15) is 8.42 Å². The lowest BCUT2D eigenvalue weighted by Crippen LogP contribution is -2.00. The molecular formula is C7H6FNO5S. The molecule has 82 valence electrons. The molecule has 0 atom stereocenters.